The van der Waals surface area contributed by atoms with Gasteiger partial charge >= 0.3 is 0 Å². The number of aromatic nitrogens is 1. The maximum atomic E-state index is 12.8. The van der Waals surface area contributed by atoms with Gasteiger partial charge in [0.2, 0.25) is 5.91 Å². The summed E-state index contributed by atoms with van der Waals surface area (Å²) in [6.07, 6.45) is 5.32. The minimum atomic E-state index is -3.56. The number of pyridine rings is 1. The second-order valence-electron chi connectivity index (χ2n) is 8.95. The van der Waals surface area contributed by atoms with Gasteiger partial charge < -0.3 is 11.1 Å². The summed E-state index contributed by atoms with van der Waals surface area (Å²) >= 11 is 6.45. The molecule has 0 spiro atoms. The molecule has 0 fully saturated rings. The molecule has 1 aromatic heterocycles. The average molecular weight is 473 g/mol. The number of nitrogens with one attached hydrogen (secondary N) is 1. The van der Waals surface area contributed by atoms with Crippen LogP contribution in [0.4, 0.5) is 0 Å². The van der Waals surface area contributed by atoms with Crippen molar-refractivity contribution in [3.63, 3.8) is 0 Å². The summed E-state index contributed by atoms with van der Waals surface area (Å²) in [5.41, 5.74) is 6.93. The van der Waals surface area contributed by atoms with Crippen LogP contribution in [-0.2, 0) is 21.2 Å². The van der Waals surface area contributed by atoms with Crippen LogP contribution in [0.5, 0.6) is 0 Å². The summed E-state index contributed by atoms with van der Waals surface area (Å²) in [4.78, 5) is 21.4. The molecule has 7 nitrogen and oxygen atoms in total. The van der Waals surface area contributed by atoms with Gasteiger partial charge in [-0.25, -0.2) is 8.42 Å². The van der Waals surface area contributed by atoms with E-state index in [2.05, 4.69) is 15.3 Å². The first kappa shape index (κ1) is 22.5. The first-order chi connectivity index (χ1) is 14.9. The monoisotopic (exact) mass is 472 g/mol. The molecule has 1 aliphatic heterocycles. The molecule has 2 aromatic rings. The summed E-state index contributed by atoms with van der Waals surface area (Å²) in [6, 6.07) is 7.83. The van der Waals surface area contributed by atoms with E-state index in [1.54, 1.807) is 39.2 Å². The third-order valence-electron chi connectivity index (χ3n) is 6.29. The molecule has 0 saturated heterocycles. The smallest absolute Gasteiger partial charge is 0.247 e. The van der Waals surface area contributed by atoms with Gasteiger partial charge in [0.05, 0.1) is 11.3 Å². The van der Waals surface area contributed by atoms with Gasteiger partial charge in [-0.1, -0.05) is 23.7 Å². The van der Waals surface area contributed by atoms with Crippen molar-refractivity contribution >= 4 is 44.0 Å². The first-order valence-electron chi connectivity index (χ1n) is 10.2. The van der Waals surface area contributed by atoms with Gasteiger partial charge in [-0.3, -0.25) is 14.8 Å². The molecule has 0 saturated carbocycles. The quantitative estimate of drug-likeness (QED) is 0.709. The highest BCUT2D eigenvalue weighted by Gasteiger charge is 2.50. The van der Waals surface area contributed by atoms with Crippen molar-refractivity contribution in [3.05, 3.63) is 64.5 Å². The van der Waals surface area contributed by atoms with E-state index < -0.39 is 20.1 Å². The van der Waals surface area contributed by atoms with Crippen molar-refractivity contribution in [2.24, 2.45) is 10.7 Å². The zero-order valence-electron chi connectivity index (χ0n) is 18.1. The molecule has 2 aliphatic rings. The van der Waals surface area contributed by atoms with Crippen molar-refractivity contribution in [3.8, 4) is 0 Å². The number of nitrogens with zero attached hydrogens (tertiary/aromatic N) is 2. The average Bonchev–Trinajstić information content (AvgIpc) is 3.13. The van der Waals surface area contributed by atoms with Crippen LogP contribution in [0, 0.1) is 0 Å². The predicted molar refractivity (Wildman–Crippen MR) is 127 cm³/mol. The van der Waals surface area contributed by atoms with E-state index in [0.717, 1.165) is 16.3 Å². The number of aliphatic imine (C=N–C) groups is 1. The van der Waals surface area contributed by atoms with Gasteiger partial charge in [0.15, 0.2) is 9.84 Å². The summed E-state index contributed by atoms with van der Waals surface area (Å²) < 4.78 is 24.4. The third-order valence-corrected chi connectivity index (χ3v) is 9.33. The van der Waals surface area contributed by atoms with Gasteiger partial charge in [0.1, 0.15) is 10.6 Å². The highest BCUT2D eigenvalue weighted by Crippen LogP contribution is 2.42. The normalized spacial score (nSPS) is 24.2. The third kappa shape index (κ3) is 3.82. The molecule has 3 N–H and O–H groups in total. The van der Waals surface area contributed by atoms with Crippen molar-refractivity contribution in [1.82, 2.24) is 10.3 Å². The van der Waals surface area contributed by atoms with Crippen molar-refractivity contribution < 1.29 is 13.2 Å². The Labute approximate surface area is 192 Å². The van der Waals surface area contributed by atoms with Crippen LogP contribution in [0.2, 0.25) is 0 Å². The topological polar surface area (TPSA) is 115 Å². The molecule has 0 bridgehead atoms. The van der Waals surface area contributed by atoms with Crippen LogP contribution in [0.25, 0.3) is 10.8 Å². The summed E-state index contributed by atoms with van der Waals surface area (Å²) in [7, 11) is -3.56. The summed E-state index contributed by atoms with van der Waals surface area (Å²) in [6.45, 7) is 5.15. The number of hydrogen-bond acceptors (Lipinski definition) is 6. The molecule has 9 heteroatoms. The molecular formula is C23H25ClN4O3S. The van der Waals surface area contributed by atoms with Crippen LogP contribution in [-0.4, -0.2) is 41.2 Å². The number of sulfone groups is 1. The van der Waals surface area contributed by atoms with E-state index in [9.17, 15) is 13.2 Å². The molecule has 0 radical (unpaired) electrons. The first-order valence-corrected chi connectivity index (χ1v) is 12.2. The fraction of sp³-hybridized carbons (Fsp3) is 0.348. The van der Waals surface area contributed by atoms with E-state index >= 15 is 0 Å². The largest absolute Gasteiger partial charge is 0.386 e. The van der Waals surface area contributed by atoms with Crippen LogP contribution < -0.4 is 11.1 Å². The number of carbonyl (C=O) groups is 1. The van der Waals surface area contributed by atoms with Crippen LogP contribution in [0.3, 0.4) is 0 Å². The molecule has 1 atom stereocenters. The van der Waals surface area contributed by atoms with E-state index in [0.29, 0.717) is 22.7 Å². The zero-order valence-corrected chi connectivity index (χ0v) is 19.7. The maximum absolute atomic E-state index is 12.8. The number of benzene rings is 1. The summed E-state index contributed by atoms with van der Waals surface area (Å²) in [5, 5.41) is 5.32. The van der Waals surface area contributed by atoms with E-state index in [1.165, 1.54) is 0 Å². The molecule has 0 unspecified atom stereocenters. The number of nitrogens with two attached hydrogens (primary N) is 1. The van der Waals surface area contributed by atoms with Crippen molar-refractivity contribution in [2.75, 3.05) is 5.75 Å². The number of allylic oxidation sites excluding steroid dienone is 2. The lowest BCUT2D eigenvalue weighted by Gasteiger charge is -2.38. The standard InChI is InChI=1S/C23H25ClN4O3S/c1-22(2)21(25)28-23(3,13-32(22,30)31)18-9-17(10-19(18)24)20(29)27-11-14-4-5-16-12-26-7-6-15(16)8-14/h4-8,10,12H,9,11,13H2,1-3H3,(H2,25,28)(H,27,29)/t23-/m0/s1. The van der Waals surface area contributed by atoms with Gasteiger partial charge in [-0.15, -0.1) is 0 Å². The number of fused-ring (bicyclic) bond motifs is 1. The number of rotatable bonds is 4. The Bertz CT molecular complexity index is 1330. The fourth-order valence-corrected chi connectivity index (χ4v) is 6.10. The van der Waals surface area contributed by atoms with Gasteiger partial charge in [-0.2, -0.15) is 0 Å². The Hall–Kier alpha value is -2.71. The van der Waals surface area contributed by atoms with Crippen molar-refractivity contribution in [1.29, 1.82) is 0 Å². The van der Waals surface area contributed by atoms with Crippen LogP contribution in [0.1, 0.15) is 32.8 Å². The number of amidine groups is 1. The molecule has 1 aromatic carbocycles. The second-order valence-corrected chi connectivity index (χ2v) is 11.9. The Morgan fingerprint density at radius 3 is 2.69 bits per heavy atom. The Morgan fingerprint density at radius 1 is 1.22 bits per heavy atom. The lowest BCUT2D eigenvalue weighted by molar-refractivity contribution is -0.117. The zero-order chi connectivity index (χ0) is 23.3. The number of halogens is 1. The number of hydrogen-bond donors (Lipinski definition) is 2. The Balaban J connectivity index is 1.48. The molecule has 32 heavy (non-hydrogen) atoms. The molecule has 1 amide bonds. The minimum absolute atomic E-state index is 0.0487. The lowest BCUT2D eigenvalue weighted by Crippen LogP contribution is -2.56. The second kappa shape index (κ2) is 7.71. The van der Waals surface area contributed by atoms with Crippen LogP contribution in [0.15, 0.2) is 63.9 Å². The minimum Gasteiger partial charge on any atom is -0.386 e. The maximum Gasteiger partial charge on any atom is 0.247 e. The van der Waals surface area contributed by atoms with E-state index in [1.807, 2.05) is 24.3 Å². The SMILES string of the molecule is CC1(C)C(N)=N[C@](C)(C2=C(Cl)C=C(C(=O)NCc3ccc4cnccc4c3)C2)CS1(=O)=O. The van der Waals surface area contributed by atoms with Crippen LogP contribution >= 0.6 is 11.6 Å². The predicted octanol–water partition coefficient (Wildman–Crippen LogP) is 3.00. The highest BCUT2D eigenvalue weighted by atomic mass is 35.5. The van der Waals surface area contributed by atoms with Gasteiger partial charge in [0, 0.05) is 41.4 Å². The number of carbonyl (C=O) groups excluding carboxylic acids is 1. The number of amides is 1. The molecular weight excluding hydrogens is 448 g/mol. The molecule has 1 aliphatic carbocycles. The lowest BCUT2D eigenvalue weighted by atomic mass is 9.91. The highest BCUT2D eigenvalue weighted by molar-refractivity contribution is 7.93. The molecule has 168 valence electrons. The van der Waals surface area contributed by atoms with E-state index in [4.69, 9.17) is 17.3 Å². The summed E-state index contributed by atoms with van der Waals surface area (Å²) in [5.74, 6) is -0.423. The van der Waals surface area contributed by atoms with E-state index in [-0.39, 0.29) is 23.9 Å². The molecule has 2 heterocycles. The van der Waals surface area contributed by atoms with Gasteiger partial charge in [0.25, 0.3) is 0 Å². The fourth-order valence-electron chi connectivity index (χ4n) is 4.00. The van der Waals surface area contributed by atoms with Crippen molar-refractivity contribution in [2.45, 2.75) is 44.0 Å². The van der Waals surface area contributed by atoms with Gasteiger partial charge in [-0.05, 0) is 55.5 Å². The Morgan fingerprint density at radius 2 is 1.97 bits per heavy atom. The molecule has 4 rings (SSSR count). The Kier molecular flexibility index (Phi) is 5.41.